The van der Waals surface area contributed by atoms with Gasteiger partial charge >= 0.3 is 5.97 Å². The third-order valence-corrected chi connectivity index (χ3v) is 3.72. The quantitative estimate of drug-likeness (QED) is 0.646. The van der Waals surface area contributed by atoms with Crippen LogP contribution in [0.5, 0.6) is 11.5 Å². The molecule has 1 aliphatic rings. The number of nitrogens with one attached hydrogen (secondary N) is 1. The number of fused-ring (bicyclic) bond motifs is 1. The van der Waals surface area contributed by atoms with E-state index in [1.165, 1.54) is 24.3 Å². The van der Waals surface area contributed by atoms with E-state index in [2.05, 4.69) is 5.32 Å². The summed E-state index contributed by atoms with van der Waals surface area (Å²) in [5.41, 5.74) is 1.50. The van der Waals surface area contributed by atoms with Crippen molar-refractivity contribution in [2.75, 3.05) is 25.1 Å². The van der Waals surface area contributed by atoms with E-state index >= 15 is 0 Å². The van der Waals surface area contributed by atoms with Crippen molar-refractivity contribution < 1.29 is 28.2 Å². The molecule has 0 spiro atoms. The molecular formula is C20H18FNO5. The van der Waals surface area contributed by atoms with Crippen LogP contribution in [0.2, 0.25) is 0 Å². The second-order valence-corrected chi connectivity index (χ2v) is 5.88. The average Bonchev–Trinajstić information content (AvgIpc) is 2.67. The molecule has 0 saturated carbocycles. The van der Waals surface area contributed by atoms with Crippen molar-refractivity contribution in [1.29, 1.82) is 0 Å². The van der Waals surface area contributed by atoms with Crippen LogP contribution in [0.25, 0.3) is 6.08 Å². The molecule has 0 aromatic heterocycles. The predicted octanol–water partition coefficient (Wildman–Crippen LogP) is 3.10. The van der Waals surface area contributed by atoms with E-state index in [0.717, 1.165) is 11.1 Å². The van der Waals surface area contributed by atoms with Crippen LogP contribution in [-0.4, -0.2) is 31.7 Å². The van der Waals surface area contributed by atoms with Gasteiger partial charge in [0.05, 0.1) is 5.69 Å². The largest absolute Gasteiger partial charge is 0.486 e. The fraction of sp³-hybridized carbons (Fsp3) is 0.200. The number of hydrogen-bond acceptors (Lipinski definition) is 5. The highest BCUT2D eigenvalue weighted by molar-refractivity contribution is 5.94. The molecule has 1 heterocycles. The highest BCUT2D eigenvalue weighted by atomic mass is 19.1. The molecule has 0 fully saturated rings. The minimum Gasteiger partial charge on any atom is -0.486 e. The van der Waals surface area contributed by atoms with Gasteiger partial charge in [-0.1, -0.05) is 12.1 Å². The Labute approximate surface area is 155 Å². The molecule has 1 N–H and O–H groups in total. The minimum absolute atomic E-state index is 0.0356. The van der Waals surface area contributed by atoms with E-state index < -0.39 is 24.3 Å². The molecule has 2 aromatic carbocycles. The monoisotopic (exact) mass is 371 g/mol. The molecule has 140 valence electrons. The smallest absolute Gasteiger partial charge is 0.331 e. The van der Waals surface area contributed by atoms with Gasteiger partial charge in [0.1, 0.15) is 19.0 Å². The van der Waals surface area contributed by atoms with Crippen LogP contribution in [0.15, 0.2) is 42.5 Å². The maximum absolute atomic E-state index is 13.7. The number of ether oxygens (including phenoxy) is 3. The van der Waals surface area contributed by atoms with E-state index in [1.807, 2.05) is 0 Å². The lowest BCUT2D eigenvalue weighted by molar-refractivity contribution is -0.142. The lowest BCUT2D eigenvalue weighted by atomic mass is 10.2. The molecule has 27 heavy (non-hydrogen) atoms. The lowest BCUT2D eigenvalue weighted by Gasteiger charge is -2.18. The number of benzene rings is 2. The average molecular weight is 371 g/mol. The Morgan fingerprint density at radius 3 is 2.70 bits per heavy atom. The van der Waals surface area contributed by atoms with Gasteiger partial charge in [0.25, 0.3) is 5.91 Å². The summed E-state index contributed by atoms with van der Waals surface area (Å²) in [7, 11) is 0. The van der Waals surface area contributed by atoms with E-state index in [0.29, 0.717) is 24.7 Å². The summed E-state index contributed by atoms with van der Waals surface area (Å²) in [6.07, 6.45) is 2.74. The number of anilines is 1. The van der Waals surface area contributed by atoms with Crippen LogP contribution in [-0.2, 0) is 14.3 Å². The fourth-order valence-electron chi connectivity index (χ4n) is 2.42. The maximum atomic E-state index is 13.7. The highest BCUT2D eigenvalue weighted by Crippen LogP contribution is 2.31. The Hall–Kier alpha value is -3.35. The van der Waals surface area contributed by atoms with Gasteiger partial charge in [0.15, 0.2) is 18.1 Å². The third kappa shape index (κ3) is 5.07. The Kier molecular flexibility index (Phi) is 5.71. The van der Waals surface area contributed by atoms with Crippen LogP contribution in [0.3, 0.4) is 0 Å². The summed E-state index contributed by atoms with van der Waals surface area (Å²) in [6, 6.07) is 9.68. The molecule has 0 radical (unpaired) electrons. The van der Waals surface area contributed by atoms with Gasteiger partial charge in [-0.2, -0.15) is 0 Å². The van der Waals surface area contributed by atoms with E-state index in [4.69, 9.17) is 14.2 Å². The molecule has 0 atom stereocenters. The number of amides is 1. The van der Waals surface area contributed by atoms with Gasteiger partial charge in [-0.05, 0) is 48.4 Å². The van der Waals surface area contributed by atoms with Crippen LogP contribution in [0, 0.1) is 12.7 Å². The molecule has 0 saturated heterocycles. The zero-order chi connectivity index (χ0) is 19.2. The zero-order valence-electron chi connectivity index (χ0n) is 14.7. The van der Waals surface area contributed by atoms with Crippen molar-refractivity contribution in [2.24, 2.45) is 0 Å². The molecule has 0 aliphatic carbocycles. The summed E-state index contributed by atoms with van der Waals surface area (Å²) in [6.45, 7) is 2.20. The first-order valence-electron chi connectivity index (χ1n) is 8.32. The number of halogens is 1. The number of hydrogen-bond donors (Lipinski definition) is 1. The molecule has 2 aromatic rings. The van der Waals surface area contributed by atoms with Crippen molar-refractivity contribution in [3.05, 3.63) is 59.4 Å². The van der Waals surface area contributed by atoms with E-state index in [9.17, 15) is 14.0 Å². The third-order valence-electron chi connectivity index (χ3n) is 3.72. The van der Waals surface area contributed by atoms with Gasteiger partial charge in [-0.15, -0.1) is 0 Å². The van der Waals surface area contributed by atoms with Crippen LogP contribution in [0.1, 0.15) is 11.1 Å². The first-order chi connectivity index (χ1) is 13.0. The van der Waals surface area contributed by atoms with Crippen molar-refractivity contribution >= 4 is 23.6 Å². The number of aryl methyl sites for hydroxylation is 1. The maximum Gasteiger partial charge on any atom is 0.331 e. The van der Waals surface area contributed by atoms with Gasteiger partial charge in [-0.3, -0.25) is 4.79 Å². The molecule has 1 amide bonds. The zero-order valence-corrected chi connectivity index (χ0v) is 14.7. The van der Waals surface area contributed by atoms with Crippen molar-refractivity contribution in [3.8, 4) is 11.5 Å². The normalized spacial score (nSPS) is 12.7. The summed E-state index contributed by atoms with van der Waals surface area (Å²) in [5, 5.41) is 2.36. The first kappa shape index (κ1) is 18.4. The second kappa shape index (κ2) is 8.35. The van der Waals surface area contributed by atoms with Gasteiger partial charge in [0, 0.05) is 6.08 Å². The van der Waals surface area contributed by atoms with Crippen molar-refractivity contribution in [3.63, 3.8) is 0 Å². The first-order valence-corrected chi connectivity index (χ1v) is 8.32. The SMILES string of the molecule is Cc1ccc(NC(=O)COC(=O)/C=C/c2ccc3c(c2)OCCO3)c(F)c1. The summed E-state index contributed by atoms with van der Waals surface area (Å²) >= 11 is 0. The molecule has 6 nitrogen and oxygen atoms in total. The van der Waals surface area contributed by atoms with Crippen molar-refractivity contribution in [1.82, 2.24) is 0 Å². The highest BCUT2D eigenvalue weighted by Gasteiger charge is 2.11. The number of carbonyl (C=O) groups excluding carboxylic acids is 2. The Balaban J connectivity index is 1.50. The molecular weight excluding hydrogens is 353 g/mol. The van der Waals surface area contributed by atoms with Gasteiger partial charge in [0.2, 0.25) is 0 Å². The van der Waals surface area contributed by atoms with E-state index in [-0.39, 0.29) is 5.69 Å². The van der Waals surface area contributed by atoms with Crippen molar-refractivity contribution in [2.45, 2.75) is 6.92 Å². The van der Waals surface area contributed by atoms with Gasteiger partial charge in [-0.25, -0.2) is 9.18 Å². The number of esters is 1. The molecule has 0 unspecified atom stereocenters. The number of rotatable bonds is 5. The molecule has 1 aliphatic heterocycles. The topological polar surface area (TPSA) is 73.9 Å². The standard InChI is InChI=1S/C20H18FNO5/c1-13-2-5-16(15(21)10-13)22-19(23)12-27-20(24)7-4-14-3-6-17-18(11-14)26-9-8-25-17/h2-7,10-11H,8-9,12H2,1H3,(H,22,23)/b7-4+. The predicted molar refractivity (Wildman–Crippen MR) is 97.2 cm³/mol. The summed E-state index contributed by atoms with van der Waals surface area (Å²) < 4.78 is 29.4. The molecule has 7 heteroatoms. The Morgan fingerprint density at radius 2 is 1.93 bits per heavy atom. The van der Waals surface area contributed by atoms with Gasteiger partial charge < -0.3 is 19.5 Å². The van der Waals surface area contributed by atoms with Crippen LogP contribution < -0.4 is 14.8 Å². The molecule has 3 rings (SSSR count). The van der Waals surface area contributed by atoms with E-state index in [1.54, 1.807) is 31.2 Å². The minimum atomic E-state index is -0.690. The van der Waals surface area contributed by atoms with Crippen LogP contribution >= 0.6 is 0 Å². The second-order valence-electron chi connectivity index (χ2n) is 5.88. The summed E-state index contributed by atoms with van der Waals surface area (Å²) in [5.74, 6) is -0.603. The Bertz CT molecular complexity index is 894. The lowest BCUT2D eigenvalue weighted by Crippen LogP contribution is -2.20. The molecule has 0 bridgehead atoms. The summed E-state index contributed by atoms with van der Waals surface area (Å²) in [4.78, 5) is 23.5. The van der Waals surface area contributed by atoms with Crippen LogP contribution in [0.4, 0.5) is 10.1 Å². The Morgan fingerprint density at radius 1 is 1.15 bits per heavy atom. The number of carbonyl (C=O) groups is 2. The fourth-order valence-corrected chi connectivity index (χ4v) is 2.42.